The van der Waals surface area contributed by atoms with Crippen molar-refractivity contribution in [2.24, 2.45) is 5.73 Å². The lowest BCUT2D eigenvalue weighted by Crippen LogP contribution is -2.21. The second-order valence-electron chi connectivity index (χ2n) is 2.01. The summed E-state index contributed by atoms with van der Waals surface area (Å²) < 4.78 is 0. The quantitative estimate of drug-likeness (QED) is 0.554. The van der Waals surface area contributed by atoms with Gasteiger partial charge in [0, 0.05) is 6.42 Å². The Morgan fingerprint density at radius 2 is 2.30 bits per heavy atom. The van der Waals surface area contributed by atoms with Gasteiger partial charge in [-0.2, -0.15) is 0 Å². The third kappa shape index (κ3) is 5.24. The molecule has 3 N–H and O–H groups in total. The molecule has 10 heavy (non-hydrogen) atoms. The van der Waals surface area contributed by atoms with Crippen molar-refractivity contribution in [3.8, 4) is 0 Å². The van der Waals surface area contributed by atoms with Crippen LogP contribution in [0, 0.1) is 0 Å². The summed E-state index contributed by atoms with van der Waals surface area (Å²) >= 11 is 0. The minimum absolute atomic E-state index is 0.0649. The van der Waals surface area contributed by atoms with Crippen molar-refractivity contribution in [2.75, 3.05) is 0 Å². The predicted molar refractivity (Wildman–Crippen MR) is 35.2 cm³/mol. The second-order valence-corrected chi connectivity index (χ2v) is 2.01. The zero-order valence-corrected chi connectivity index (χ0v) is 5.54. The highest BCUT2D eigenvalue weighted by atomic mass is 16.4. The minimum atomic E-state index is -0.863. The first-order valence-corrected chi connectivity index (χ1v) is 3.02. The van der Waals surface area contributed by atoms with E-state index in [0.717, 1.165) is 0 Å². The third-order valence-electron chi connectivity index (χ3n) is 1.06. The van der Waals surface area contributed by atoms with Crippen molar-refractivity contribution in [1.82, 2.24) is 0 Å². The van der Waals surface area contributed by atoms with Gasteiger partial charge in [0.25, 0.3) is 0 Å². The maximum atomic E-state index is 9.93. The molecule has 0 aliphatic heterocycles. The Labute approximate surface area is 59.0 Å². The van der Waals surface area contributed by atoms with E-state index < -0.39 is 12.0 Å². The minimum Gasteiger partial charge on any atom is -0.481 e. The van der Waals surface area contributed by atoms with Crippen LogP contribution in [-0.2, 0) is 9.59 Å². The first-order chi connectivity index (χ1) is 4.66. The van der Waals surface area contributed by atoms with Crippen LogP contribution in [0.1, 0.15) is 19.3 Å². The second kappa shape index (κ2) is 4.93. The van der Waals surface area contributed by atoms with Crippen molar-refractivity contribution in [3.05, 3.63) is 0 Å². The number of rotatable bonds is 5. The largest absolute Gasteiger partial charge is 0.481 e. The number of nitrogens with two attached hydrogens (primary N) is 1. The van der Waals surface area contributed by atoms with Crippen LogP contribution in [-0.4, -0.2) is 23.4 Å². The maximum absolute atomic E-state index is 9.93. The number of carboxylic acid groups (broad SMARTS) is 1. The summed E-state index contributed by atoms with van der Waals surface area (Å²) in [7, 11) is 0. The zero-order chi connectivity index (χ0) is 7.98. The van der Waals surface area contributed by atoms with E-state index in [1.165, 1.54) is 0 Å². The van der Waals surface area contributed by atoms with Gasteiger partial charge in [-0.3, -0.25) is 9.59 Å². The fraction of sp³-hybridized carbons (Fsp3) is 0.667. The Kier molecular flexibility index (Phi) is 4.49. The normalized spacial score (nSPS) is 12.5. The van der Waals surface area contributed by atoms with Gasteiger partial charge >= 0.3 is 5.97 Å². The van der Waals surface area contributed by atoms with E-state index in [1.807, 2.05) is 0 Å². The summed E-state index contributed by atoms with van der Waals surface area (Å²) in [6, 6.07) is -0.626. The lowest BCUT2D eigenvalue weighted by molar-refractivity contribution is -0.137. The lowest BCUT2D eigenvalue weighted by atomic mass is 10.1. The Bertz CT molecular complexity index is 124. The van der Waals surface area contributed by atoms with Crippen LogP contribution in [0.5, 0.6) is 0 Å². The lowest BCUT2D eigenvalue weighted by Gasteiger charge is -1.98. The average molecular weight is 144 g/mol. The molecule has 4 nitrogen and oxygen atoms in total. The van der Waals surface area contributed by atoms with Gasteiger partial charge in [0.2, 0.25) is 6.29 Å². The summed E-state index contributed by atoms with van der Waals surface area (Å²) in [4.78, 5) is 19.7. The molecule has 57 valence electrons. The number of hydrogen-bond acceptors (Lipinski definition) is 3. The van der Waals surface area contributed by atoms with Gasteiger partial charge in [0.1, 0.15) is 0 Å². The molecule has 0 aromatic carbocycles. The van der Waals surface area contributed by atoms with Crippen LogP contribution in [0.3, 0.4) is 0 Å². The smallest absolute Gasteiger partial charge is 0.303 e. The number of carbonyl (C=O) groups excluding carboxylic acids is 1. The highest BCUT2D eigenvalue weighted by Crippen LogP contribution is 1.96. The van der Waals surface area contributed by atoms with Gasteiger partial charge < -0.3 is 10.8 Å². The van der Waals surface area contributed by atoms with Crippen molar-refractivity contribution < 1.29 is 14.7 Å². The van der Waals surface area contributed by atoms with Crippen LogP contribution >= 0.6 is 0 Å². The summed E-state index contributed by atoms with van der Waals surface area (Å²) in [5.74, 6) is -0.863. The number of carbonyl (C=O) groups is 1. The van der Waals surface area contributed by atoms with Crippen molar-refractivity contribution in [1.29, 1.82) is 0 Å². The molecular weight excluding hydrogens is 134 g/mol. The average Bonchev–Trinajstić information content (AvgIpc) is 1.87. The molecule has 0 aromatic rings. The van der Waals surface area contributed by atoms with Gasteiger partial charge in [-0.25, -0.2) is 0 Å². The molecule has 0 saturated heterocycles. The number of aliphatic carboxylic acids is 1. The van der Waals surface area contributed by atoms with Crippen molar-refractivity contribution in [3.63, 3.8) is 0 Å². The fourth-order valence-corrected chi connectivity index (χ4v) is 0.532. The summed E-state index contributed by atoms with van der Waals surface area (Å²) in [5.41, 5.74) is 5.14. The summed E-state index contributed by atoms with van der Waals surface area (Å²) in [6.07, 6.45) is 2.47. The fourth-order valence-electron chi connectivity index (χ4n) is 0.532. The van der Waals surface area contributed by atoms with Gasteiger partial charge in [-0.15, -0.1) is 0 Å². The Morgan fingerprint density at radius 1 is 1.70 bits per heavy atom. The SMILES string of the molecule is N[C@H]([C]=O)CCCC(=O)O. The molecule has 0 heterocycles. The molecule has 4 heteroatoms. The molecule has 0 spiro atoms. The molecule has 0 saturated carbocycles. The molecule has 0 aromatic heterocycles. The molecule has 0 fully saturated rings. The predicted octanol–water partition coefficient (Wildman–Crippen LogP) is -0.322. The van der Waals surface area contributed by atoms with E-state index in [0.29, 0.717) is 12.8 Å². The standard InChI is InChI=1S/C6H10NO3/c7-5(4-8)2-1-3-6(9)10/h5H,1-3,7H2,(H,9,10)/t5-/m0/s1. The molecule has 1 atom stereocenters. The monoisotopic (exact) mass is 144 g/mol. The first-order valence-electron chi connectivity index (χ1n) is 3.02. The van der Waals surface area contributed by atoms with E-state index in [2.05, 4.69) is 0 Å². The Balaban J connectivity index is 3.19. The van der Waals surface area contributed by atoms with Crippen LogP contribution < -0.4 is 5.73 Å². The summed E-state index contributed by atoms with van der Waals surface area (Å²) in [6.45, 7) is 0. The maximum Gasteiger partial charge on any atom is 0.303 e. The van der Waals surface area contributed by atoms with E-state index in [4.69, 9.17) is 10.8 Å². The number of carboxylic acids is 1. The molecule has 0 aliphatic rings. The topological polar surface area (TPSA) is 80.4 Å². The van der Waals surface area contributed by atoms with Crippen LogP contribution in [0.25, 0.3) is 0 Å². The van der Waals surface area contributed by atoms with Crippen LogP contribution in [0.2, 0.25) is 0 Å². The zero-order valence-electron chi connectivity index (χ0n) is 5.54. The molecule has 1 radical (unpaired) electrons. The van der Waals surface area contributed by atoms with Gasteiger partial charge in [0.05, 0.1) is 6.04 Å². The van der Waals surface area contributed by atoms with Gasteiger partial charge in [-0.1, -0.05) is 0 Å². The molecule has 0 rings (SSSR count). The van der Waals surface area contributed by atoms with E-state index >= 15 is 0 Å². The molecule has 0 unspecified atom stereocenters. The van der Waals surface area contributed by atoms with E-state index in [-0.39, 0.29) is 6.42 Å². The van der Waals surface area contributed by atoms with E-state index in [9.17, 15) is 9.59 Å². The van der Waals surface area contributed by atoms with Gasteiger partial charge in [-0.05, 0) is 12.8 Å². The highest BCUT2D eigenvalue weighted by molar-refractivity contribution is 5.66. The third-order valence-corrected chi connectivity index (χ3v) is 1.06. The molecule has 0 aliphatic carbocycles. The Morgan fingerprint density at radius 3 is 2.70 bits per heavy atom. The van der Waals surface area contributed by atoms with Gasteiger partial charge in [0.15, 0.2) is 0 Å². The van der Waals surface area contributed by atoms with Crippen LogP contribution in [0.15, 0.2) is 0 Å². The highest BCUT2D eigenvalue weighted by Gasteiger charge is 2.02. The Hall–Kier alpha value is -0.900. The number of hydrogen-bond donors (Lipinski definition) is 2. The summed E-state index contributed by atoms with van der Waals surface area (Å²) in [5, 5.41) is 8.16. The molecule has 0 bridgehead atoms. The first kappa shape index (κ1) is 9.10. The molecular formula is C6H10NO3. The van der Waals surface area contributed by atoms with Crippen LogP contribution in [0.4, 0.5) is 0 Å². The van der Waals surface area contributed by atoms with Crippen molar-refractivity contribution >= 4 is 12.3 Å². The van der Waals surface area contributed by atoms with Crippen molar-refractivity contribution in [2.45, 2.75) is 25.3 Å². The van der Waals surface area contributed by atoms with E-state index in [1.54, 1.807) is 6.29 Å². The molecule has 0 amide bonds.